The van der Waals surface area contributed by atoms with Crippen LogP contribution < -0.4 is 5.32 Å². The Morgan fingerprint density at radius 1 is 1.45 bits per heavy atom. The maximum absolute atomic E-state index is 11.8. The zero-order valence-electron chi connectivity index (χ0n) is 11.0. The maximum Gasteiger partial charge on any atom is 0.347 e. The second-order valence-corrected chi connectivity index (χ2v) is 4.49. The predicted molar refractivity (Wildman–Crippen MR) is 69.0 cm³/mol. The van der Waals surface area contributed by atoms with Gasteiger partial charge in [-0.15, -0.1) is 0 Å². The Balaban J connectivity index is 1.81. The Hall–Kier alpha value is -2.37. The molecule has 1 aliphatic rings. The second kappa shape index (κ2) is 6.18. The highest BCUT2D eigenvalue weighted by molar-refractivity contribution is 5.96. The van der Waals surface area contributed by atoms with Crippen molar-refractivity contribution in [2.24, 2.45) is 0 Å². The summed E-state index contributed by atoms with van der Waals surface area (Å²) in [6.45, 7) is 1.85. The van der Waals surface area contributed by atoms with E-state index in [1.165, 1.54) is 0 Å². The van der Waals surface area contributed by atoms with Crippen molar-refractivity contribution in [2.45, 2.75) is 19.4 Å². The van der Waals surface area contributed by atoms with Crippen molar-refractivity contribution in [3.05, 3.63) is 35.4 Å². The summed E-state index contributed by atoms with van der Waals surface area (Å²) in [7, 11) is 0. The van der Waals surface area contributed by atoms with E-state index in [-0.39, 0.29) is 19.1 Å². The molecule has 6 heteroatoms. The Morgan fingerprint density at radius 2 is 2.25 bits per heavy atom. The van der Waals surface area contributed by atoms with E-state index >= 15 is 0 Å². The third kappa shape index (κ3) is 3.57. The molecule has 1 atom stereocenters. The van der Waals surface area contributed by atoms with Crippen LogP contribution in [-0.2, 0) is 19.1 Å². The number of hydrogen-bond acceptors (Lipinski definition) is 5. The molecule has 0 saturated carbocycles. The molecule has 106 valence electrons. The van der Waals surface area contributed by atoms with Crippen LogP contribution in [0, 0.1) is 6.92 Å². The summed E-state index contributed by atoms with van der Waals surface area (Å²) in [5.41, 5.74) is 1.42. The summed E-state index contributed by atoms with van der Waals surface area (Å²) in [6, 6.07) is 7.00. The molecule has 1 heterocycles. The van der Waals surface area contributed by atoms with Gasteiger partial charge in [0.05, 0.1) is 6.61 Å². The zero-order chi connectivity index (χ0) is 14.5. The molecule has 0 bridgehead atoms. The maximum atomic E-state index is 11.8. The number of amides is 1. The lowest BCUT2D eigenvalue weighted by Gasteiger charge is -2.09. The number of esters is 2. The van der Waals surface area contributed by atoms with Gasteiger partial charge in [0.15, 0.2) is 0 Å². The van der Waals surface area contributed by atoms with Gasteiger partial charge in [0.2, 0.25) is 6.10 Å². The number of rotatable bonds is 4. The number of aryl methyl sites for hydroxylation is 1. The molecule has 6 nitrogen and oxygen atoms in total. The summed E-state index contributed by atoms with van der Waals surface area (Å²) in [5, 5.41) is 2.45. The molecule has 1 N–H and O–H groups in total. The van der Waals surface area contributed by atoms with Gasteiger partial charge in [-0.05, 0) is 19.1 Å². The van der Waals surface area contributed by atoms with Gasteiger partial charge in [0.1, 0.15) is 6.54 Å². The zero-order valence-corrected chi connectivity index (χ0v) is 11.0. The highest BCUT2D eigenvalue weighted by atomic mass is 16.6. The molecule has 20 heavy (non-hydrogen) atoms. The van der Waals surface area contributed by atoms with E-state index in [0.717, 1.165) is 5.56 Å². The van der Waals surface area contributed by atoms with Gasteiger partial charge in [-0.1, -0.05) is 17.7 Å². The number of carbonyl (C=O) groups excluding carboxylic acids is 3. The van der Waals surface area contributed by atoms with Crippen molar-refractivity contribution in [3.63, 3.8) is 0 Å². The number of ether oxygens (including phenoxy) is 2. The monoisotopic (exact) mass is 277 g/mol. The van der Waals surface area contributed by atoms with E-state index in [1.807, 2.05) is 13.0 Å². The molecule has 2 rings (SSSR count). The van der Waals surface area contributed by atoms with Crippen LogP contribution in [0.1, 0.15) is 22.3 Å². The van der Waals surface area contributed by atoms with Gasteiger partial charge in [-0.3, -0.25) is 9.59 Å². The Labute approximate surface area is 116 Å². The van der Waals surface area contributed by atoms with Crippen molar-refractivity contribution in [1.29, 1.82) is 0 Å². The Morgan fingerprint density at radius 3 is 2.90 bits per heavy atom. The van der Waals surface area contributed by atoms with Gasteiger partial charge < -0.3 is 14.8 Å². The van der Waals surface area contributed by atoms with Crippen LogP contribution in [0.2, 0.25) is 0 Å². The van der Waals surface area contributed by atoms with Gasteiger partial charge in [0, 0.05) is 12.0 Å². The molecule has 0 aliphatic carbocycles. The van der Waals surface area contributed by atoms with Crippen molar-refractivity contribution in [1.82, 2.24) is 5.32 Å². The highest BCUT2D eigenvalue weighted by Crippen LogP contribution is 2.10. The summed E-state index contributed by atoms with van der Waals surface area (Å²) in [4.78, 5) is 34.4. The van der Waals surface area contributed by atoms with Crippen LogP contribution in [0.3, 0.4) is 0 Å². The van der Waals surface area contributed by atoms with Crippen LogP contribution in [-0.4, -0.2) is 37.1 Å². The van der Waals surface area contributed by atoms with E-state index in [4.69, 9.17) is 4.74 Å². The minimum Gasteiger partial charge on any atom is -0.463 e. The average molecular weight is 277 g/mol. The predicted octanol–water partition coefficient (Wildman–Crippen LogP) is 0.584. The lowest BCUT2D eigenvalue weighted by Crippen LogP contribution is -2.33. The van der Waals surface area contributed by atoms with Crippen LogP contribution in [0.25, 0.3) is 0 Å². The Bertz CT molecular complexity index is 540. The van der Waals surface area contributed by atoms with Crippen molar-refractivity contribution in [3.8, 4) is 0 Å². The van der Waals surface area contributed by atoms with Crippen LogP contribution in [0.5, 0.6) is 0 Å². The molecule has 1 amide bonds. The highest BCUT2D eigenvalue weighted by Gasteiger charge is 2.30. The minimum absolute atomic E-state index is 0.256. The first kappa shape index (κ1) is 14.0. The largest absolute Gasteiger partial charge is 0.463 e. The van der Waals surface area contributed by atoms with E-state index in [2.05, 4.69) is 10.1 Å². The molecule has 1 fully saturated rings. The fraction of sp³-hybridized carbons (Fsp3) is 0.357. The molecule has 1 aromatic carbocycles. The number of cyclic esters (lactones) is 1. The van der Waals surface area contributed by atoms with Crippen LogP contribution in [0.15, 0.2) is 24.3 Å². The number of carbonyl (C=O) groups is 3. The third-order valence-electron chi connectivity index (χ3n) is 2.83. The summed E-state index contributed by atoms with van der Waals surface area (Å²) in [6.07, 6.45) is -0.491. The quantitative estimate of drug-likeness (QED) is 0.814. The fourth-order valence-corrected chi connectivity index (χ4v) is 1.83. The van der Waals surface area contributed by atoms with Crippen molar-refractivity contribution >= 4 is 17.8 Å². The first-order valence-corrected chi connectivity index (χ1v) is 6.27. The first-order valence-electron chi connectivity index (χ1n) is 6.27. The number of nitrogens with one attached hydrogen (secondary N) is 1. The summed E-state index contributed by atoms with van der Waals surface area (Å²) in [5.74, 6) is -1.56. The normalized spacial score (nSPS) is 17.4. The van der Waals surface area contributed by atoms with Gasteiger partial charge >= 0.3 is 11.9 Å². The molecule has 1 saturated heterocycles. The SMILES string of the molecule is Cc1cccc(C(=O)NCC(=O)O[C@@H]2CCOC2=O)c1. The lowest BCUT2D eigenvalue weighted by molar-refractivity contribution is -0.159. The standard InChI is InChI=1S/C14H15NO5/c1-9-3-2-4-10(7-9)13(17)15-8-12(16)20-11-5-6-19-14(11)18/h2-4,7,11H,5-6,8H2,1H3,(H,15,17)/t11-/m1/s1. The molecular formula is C14H15NO5. The molecule has 1 aromatic rings. The first-order chi connectivity index (χ1) is 9.56. The average Bonchev–Trinajstić information content (AvgIpc) is 2.81. The van der Waals surface area contributed by atoms with Gasteiger partial charge in [-0.25, -0.2) is 4.79 Å². The van der Waals surface area contributed by atoms with E-state index in [9.17, 15) is 14.4 Å². The molecular weight excluding hydrogens is 262 g/mol. The summed E-state index contributed by atoms with van der Waals surface area (Å²) >= 11 is 0. The van der Waals surface area contributed by atoms with Crippen molar-refractivity contribution in [2.75, 3.05) is 13.2 Å². The number of hydrogen-bond donors (Lipinski definition) is 1. The van der Waals surface area contributed by atoms with Gasteiger partial charge in [0.25, 0.3) is 5.91 Å². The van der Waals surface area contributed by atoms with E-state index < -0.39 is 18.0 Å². The molecule has 0 spiro atoms. The third-order valence-corrected chi connectivity index (χ3v) is 2.83. The van der Waals surface area contributed by atoms with Gasteiger partial charge in [-0.2, -0.15) is 0 Å². The topological polar surface area (TPSA) is 81.7 Å². The second-order valence-electron chi connectivity index (χ2n) is 4.49. The molecule has 0 unspecified atom stereocenters. The van der Waals surface area contributed by atoms with E-state index in [0.29, 0.717) is 12.0 Å². The number of benzene rings is 1. The molecule has 0 radical (unpaired) electrons. The fourth-order valence-electron chi connectivity index (χ4n) is 1.83. The minimum atomic E-state index is -0.849. The van der Waals surface area contributed by atoms with Crippen LogP contribution in [0.4, 0.5) is 0 Å². The van der Waals surface area contributed by atoms with E-state index in [1.54, 1.807) is 18.2 Å². The smallest absolute Gasteiger partial charge is 0.347 e. The van der Waals surface area contributed by atoms with Crippen molar-refractivity contribution < 1.29 is 23.9 Å². The van der Waals surface area contributed by atoms with Crippen LogP contribution >= 0.6 is 0 Å². The Kier molecular flexibility index (Phi) is 4.34. The summed E-state index contributed by atoms with van der Waals surface area (Å²) < 4.78 is 9.58. The molecule has 1 aliphatic heterocycles. The lowest BCUT2D eigenvalue weighted by atomic mass is 10.1. The molecule has 0 aromatic heterocycles.